The largest absolute Gasteiger partial charge is 0.349 e. The van der Waals surface area contributed by atoms with E-state index in [1.807, 2.05) is 6.92 Å². The van der Waals surface area contributed by atoms with Crippen LogP contribution in [0.1, 0.15) is 30.1 Å². The summed E-state index contributed by atoms with van der Waals surface area (Å²) in [6.07, 6.45) is 1.08. The highest BCUT2D eigenvalue weighted by Crippen LogP contribution is 2.15. The van der Waals surface area contributed by atoms with Crippen LogP contribution in [0.25, 0.3) is 0 Å². The summed E-state index contributed by atoms with van der Waals surface area (Å²) in [4.78, 5) is 11.7. The van der Waals surface area contributed by atoms with Crippen molar-refractivity contribution in [1.82, 2.24) is 5.32 Å². The van der Waals surface area contributed by atoms with Gasteiger partial charge in [0.25, 0.3) is 5.91 Å². The highest BCUT2D eigenvalue weighted by molar-refractivity contribution is 6.17. The molecule has 1 unspecified atom stereocenters. The second-order valence-electron chi connectivity index (χ2n) is 3.80. The zero-order valence-electron chi connectivity index (χ0n) is 9.77. The van der Waals surface area contributed by atoms with Crippen molar-refractivity contribution in [3.8, 4) is 0 Å². The van der Waals surface area contributed by atoms with Crippen molar-refractivity contribution in [1.29, 1.82) is 0 Å². The molecule has 18 heavy (non-hydrogen) atoms. The van der Waals surface area contributed by atoms with Crippen molar-refractivity contribution in [2.45, 2.75) is 25.8 Å². The second kappa shape index (κ2) is 6.64. The SMILES string of the molecule is CCC(CCCl)NC(=O)c1c(F)cc(F)cc1F. The van der Waals surface area contributed by atoms with Crippen LogP contribution in [0.5, 0.6) is 0 Å². The first-order valence-electron chi connectivity index (χ1n) is 5.51. The fourth-order valence-corrected chi connectivity index (χ4v) is 1.79. The lowest BCUT2D eigenvalue weighted by Crippen LogP contribution is -2.35. The molecule has 1 rings (SSSR count). The lowest BCUT2D eigenvalue weighted by molar-refractivity contribution is 0.0926. The van der Waals surface area contributed by atoms with Crippen LogP contribution in [-0.2, 0) is 0 Å². The topological polar surface area (TPSA) is 29.1 Å². The third-order valence-electron chi connectivity index (χ3n) is 2.52. The number of amides is 1. The molecule has 2 nitrogen and oxygen atoms in total. The Labute approximate surface area is 108 Å². The smallest absolute Gasteiger partial charge is 0.257 e. The van der Waals surface area contributed by atoms with Gasteiger partial charge in [-0.3, -0.25) is 4.79 Å². The van der Waals surface area contributed by atoms with Gasteiger partial charge in [0.1, 0.15) is 23.0 Å². The van der Waals surface area contributed by atoms with Crippen LogP contribution >= 0.6 is 11.6 Å². The lowest BCUT2D eigenvalue weighted by Gasteiger charge is -2.16. The number of rotatable bonds is 5. The van der Waals surface area contributed by atoms with Crippen molar-refractivity contribution in [3.05, 3.63) is 35.1 Å². The monoisotopic (exact) mass is 279 g/mol. The Hall–Kier alpha value is -1.23. The van der Waals surface area contributed by atoms with E-state index < -0.39 is 28.9 Å². The van der Waals surface area contributed by atoms with Gasteiger partial charge in [-0.2, -0.15) is 0 Å². The van der Waals surface area contributed by atoms with Gasteiger partial charge in [0.05, 0.1) is 0 Å². The van der Waals surface area contributed by atoms with Crippen molar-refractivity contribution in [3.63, 3.8) is 0 Å². The Kier molecular flexibility index (Phi) is 5.47. The fraction of sp³-hybridized carbons (Fsp3) is 0.417. The molecular formula is C12H13ClF3NO. The number of alkyl halides is 1. The minimum Gasteiger partial charge on any atom is -0.349 e. The van der Waals surface area contributed by atoms with E-state index in [0.29, 0.717) is 30.9 Å². The van der Waals surface area contributed by atoms with Crippen LogP contribution in [0.2, 0.25) is 0 Å². The van der Waals surface area contributed by atoms with Gasteiger partial charge in [-0.25, -0.2) is 13.2 Å². The van der Waals surface area contributed by atoms with E-state index in [2.05, 4.69) is 5.32 Å². The third kappa shape index (κ3) is 3.63. The first-order chi connectivity index (χ1) is 8.49. The number of hydrogen-bond donors (Lipinski definition) is 1. The molecule has 100 valence electrons. The minimum absolute atomic E-state index is 0.265. The average Bonchev–Trinajstić information content (AvgIpc) is 2.26. The molecule has 0 heterocycles. The van der Waals surface area contributed by atoms with Crippen LogP contribution in [0.4, 0.5) is 13.2 Å². The Morgan fingerprint density at radius 1 is 1.33 bits per heavy atom. The second-order valence-corrected chi connectivity index (χ2v) is 4.18. The Morgan fingerprint density at radius 2 is 1.89 bits per heavy atom. The summed E-state index contributed by atoms with van der Waals surface area (Å²) in [5, 5.41) is 2.46. The molecule has 6 heteroatoms. The Morgan fingerprint density at radius 3 is 2.33 bits per heavy atom. The molecule has 0 fully saturated rings. The highest BCUT2D eigenvalue weighted by atomic mass is 35.5. The maximum absolute atomic E-state index is 13.3. The van der Waals surface area contributed by atoms with Crippen molar-refractivity contribution >= 4 is 17.5 Å². The fourth-order valence-electron chi connectivity index (χ4n) is 1.53. The molecule has 1 aromatic rings. The van der Waals surface area contributed by atoms with Gasteiger partial charge in [0.15, 0.2) is 0 Å². The first-order valence-corrected chi connectivity index (χ1v) is 6.04. The van der Waals surface area contributed by atoms with E-state index in [9.17, 15) is 18.0 Å². The molecule has 0 aromatic heterocycles. The van der Waals surface area contributed by atoms with E-state index in [1.165, 1.54) is 0 Å². The molecule has 0 saturated carbocycles. The molecule has 0 aliphatic rings. The molecule has 1 amide bonds. The van der Waals surface area contributed by atoms with E-state index in [0.717, 1.165) is 0 Å². The lowest BCUT2D eigenvalue weighted by atomic mass is 10.1. The van der Waals surface area contributed by atoms with Gasteiger partial charge in [-0.05, 0) is 12.8 Å². The predicted molar refractivity (Wildman–Crippen MR) is 63.2 cm³/mol. The number of carbonyl (C=O) groups is 1. The summed E-state index contributed by atoms with van der Waals surface area (Å²) in [5.41, 5.74) is -0.774. The number of halogens is 4. The normalized spacial score (nSPS) is 12.3. The first kappa shape index (κ1) is 14.8. The standard InChI is InChI=1S/C12H13ClF3NO/c1-2-8(3-4-13)17-12(18)11-9(15)5-7(14)6-10(11)16/h5-6,8H,2-4H2,1H3,(H,17,18). The quantitative estimate of drug-likeness (QED) is 0.824. The van der Waals surface area contributed by atoms with Gasteiger partial charge >= 0.3 is 0 Å². The van der Waals surface area contributed by atoms with E-state index in [-0.39, 0.29) is 6.04 Å². The zero-order valence-corrected chi connectivity index (χ0v) is 10.5. The molecule has 1 atom stereocenters. The average molecular weight is 280 g/mol. The Balaban J connectivity index is 2.90. The molecule has 0 radical (unpaired) electrons. The predicted octanol–water partition coefficient (Wildman–Crippen LogP) is 3.24. The van der Waals surface area contributed by atoms with Gasteiger partial charge in [0.2, 0.25) is 0 Å². The number of carbonyl (C=O) groups excluding carboxylic acids is 1. The highest BCUT2D eigenvalue weighted by Gasteiger charge is 2.20. The van der Waals surface area contributed by atoms with Crippen LogP contribution < -0.4 is 5.32 Å². The molecule has 0 bridgehead atoms. The summed E-state index contributed by atoms with van der Waals surface area (Å²) in [6, 6.07) is 0.680. The van der Waals surface area contributed by atoms with Crippen LogP contribution in [0.3, 0.4) is 0 Å². The van der Waals surface area contributed by atoms with Gasteiger partial charge in [0, 0.05) is 24.1 Å². The summed E-state index contributed by atoms with van der Waals surface area (Å²) in [6.45, 7) is 1.81. The van der Waals surface area contributed by atoms with Gasteiger partial charge in [-0.1, -0.05) is 6.92 Å². The number of benzene rings is 1. The molecular weight excluding hydrogens is 267 g/mol. The van der Waals surface area contributed by atoms with E-state index >= 15 is 0 Å². The number of nitrogens with one attached hydrogen (secondary N) is 1. The third-order valence-corrected chi connectivity index (χ3v) is 2.74. The summed E-state index contributed by atoms with van der Waals surface area (Å²) < 4.78 is 39.4. The maximum Gasteiger partial charge on any atom is 0.257 e. The molecule has 1 N–H and O–H groups in total. The summed E-state index contributed by atoms with van der Waals surface area (Å²) in [7, 11) is 0. The molecule has 0 aliphatic carbocycles. The van der Waals surface area contributed by atoms with E-state index in [4.69, 9.17) is 11.6 Å². The minimum atomic E-state index is -1.22. The van der Waals surface area contributed by atoms with Crippen molar-refractivity contribution in [2.24, 2.45) is 0 Å². The van der Waals surface area contributed by atoms with Gasteiger partial charge in [-0.15, -0.1) is 11.6 Å². The zero-order chi connectivity index (χ0) is 13.7. The van der Waals surface area contributed by atoms with Crippen LogP contribution in [-0.4, -0.2) is 17.8 Å². The van der Waals surface area contributed by atoms with Crippen molar-refractivity contribution < 1.29 is 18.0 Å². The van der Waals surface area contributed by atoms with Crippen molar-refractivity contribution in [2.75, 3.05) is 5.88 Å². The Bertz CT molecular complexity index is 416. The van der Waals surface area contributed by atoms with Gasteiger partial charge < -0.3 is 5.32 Å². The maximum atomic E-state index is 13.3. The molecule has 0 saturated heterocycles. The van der Waals surface area contributed by atoms with Crippen LogP contribution in [0, 0.1) is 17.5 Å². The van der Waals surface area contributed by atoms with E-state index in [1.54, 1.807) is 0 Å². The number of hydrogen-bond acceptors (Lipinski definition) is 1. The molecule has 0 spiro atoms. The molecule has 1 aromatic carbocycles. The van der Waals surface area contributed by atoms with Crippen LogP contribution in [0.15, 0.2) is 12.1 Å². The summed E-state index contributed by atoms with van der Waals surface area (Å²) in [5.74, 6) is -4.07. The summed E-state index contributed by atoms with van der Waals surface area (Å²) >= 11 is 5.54. The molecule has 0 aliphatic heterocycles.